The molecular weight excluding hydrogens is 158 g/mol. The molecule has 0 amide bonds. The molecule has 0 aliphatic carbocycles. The van der Waals surface area contributed by atoms with Gasteiger partial charge in [-0.25, -0.2) is 0 Å². The SMILES string of the molecule is O=[N+]([O-])c1cn2ccccc2n1. The van der Waals surface area contributed by atoms with Gasteiger partial charge < -0.3 is 10.1 Å². The predicted molar refractivity (Wildman–Crippen MR) is 41.8 cm³/mol. The van der Waals surface area contributed by atoms with Gasteiger partial charge in [-0.1, -0.05) is 6.07 Å². The van der Waals surface area contributed by atoms with Crippen molar-refractivity contribution in [2.24, 2.45) is 0 Å². The Kier molecular flexibility index (Phi) is 1.30. The zero-order valence-electron chi connectivity index (χ0n) is 6.04. The minimum absolute atomic E-state index is 0.124. The van der Waals surface area contributed by atoms with Crippen LogP contribution in [0.3, 0.4) is 0 Å². The van der Waals surface area contributed by atoms with Crippen LogP contribution < -0.4 is 0 Å². The fraction of sp³-hybridized carbons (Fsp3) is 0. The minimum Gasteiger partial charge on any atom is -0.358 e. The molecule has 2 rings (SSSR count). The number of nitrogens with zero attached hydrogens (tertiary/aromatic N) is 3. The Hall–Kier alpha value is -1.91. The molecule has 0 N–H and O–H groups in total. The second-order valence-electron chi connectivity index (χ2n) is 2.32. The van der Waals surface area contributed by atoms with E-state index in [1.807, 2.05) is 0 Å². The van der Waals surface area contributed by atoms with Gasteiger partial charge in [-0.3, -0.25) is 4.40 Å². The number of imidazole rings is 1. The van der Waals surface area contributed by atoms with Crippen molar-refractivity contribution in [1.82, 2.24) is 9.38 Å². The first-order valence-electron chi connectivity index (χ1n) is 3.35. The molecule has 5 nitrogen and oxygen atoms in total. The average molecular weight is 163 g/mol. The normalized spacial score (nSPS) is 10.3. The average Bonchev–Trinajstić information content (AvgIpc) is 2.46. The van der Waals surface area contributed by atoms with Crippen LogP contribution in [0.5, 0.6) is 0 Å². The van der Waals surface area contributed by atoms with Crippen LogP contribution in [0.4, 0.5) is 5.82 Å². The van der Waals surface area contributed by atoms with Crippen molar-refractivity contribution in [2.75, 3.05) is 0 Å². The maximum atomic E-state index is 10.3. The van der Waals surface area contributed by atoms with E-state index in [4.69, 9.17) is 0 Å². The third-order valence-corrected chi connectivity index (χ3v) is 1.54. The molecule has 60 valence electrons. The molecule has 5 heteroatoms. The zero-order chi connectivity index (χ0) is 8.55. The van der Waals surface area contributed by atoms with Crippen molar-refractivity contribution in [3.05, 3.63) is 40.7 Å². The summed E-state index contributed by atoms with van der Waals surface area (Å²) in [6.07, 6.45) is 3.10. The van der Waals surface area contributed by atoms with Crippen molar-refractivity contribution < 1.29 is 4.92 Å². The molecule has 0 aromatic carbocycles. The van der Waals surface area contributed by atoms with Gasteiger partial charge in [0.15, 0.2) is 0 Å². The van der Waals surface area contributed by atoms with E-state index < -0.39 is 4.92 Å². The van der Waals surface area contributed by atoms with E-state index in [0.29, 0.717) is 5.65 Å². The van der Waals surface area contributed by atoms with E-state index in [2.05, 4.69) is 4.98 Å². The summed E-state index contributed by atoms with van der Waals surface area (Å²) in [5.74, 6) is -0.124. The summed E-state index contributed by atoms with van der Waals surface area (Å²) in [5, 5.41) is 10.3. The quantitative estimate of drug-likeness (QED) is 0.469. The summed E-state index contributed by atoms with van der Waals surface area (Å²) in [6, 6.07) is 5.29. The topological polar surface area (TPSA) is 60.4 Å². The molecule has 0 bridgehead atoms. The van der Waals surface area contributed by atoms with E-state index >= 15 is 0 Å². The Morgan fingerprint density at radius 2 is 2.33 bits per heavy atom. The van der Waals surface area contributed by atoms with Gasteiger partial charge in [0.05, 0.1) is 0 Å². The molecule has 0 fully saturated rings. The fourth-order valence-electron chi connectivity index (χ4n) is 1.01. The third kappa shape index (κ3) is 0.914. The second-order valence-corrected chi connectivity index (χ2v) is 2.32. The van der Waals surface area contributed by atoms with Crippen molar-refractivity contribution >= 4 is 11.5 Å². The summed E-state index contributed by atoms with van der Waals surface area (Å²) in [7, 11) is 0. The largest absolute Gasteiger partial charge is 0.382 e. The molecule has 2 heterocycles. The van der Waals surface area contributed by atoms with Gasteiger partial charge in [0.2, 0.25) is 0 Å². The van der Waals surface area contributed by atoms with Crippen LogP contribution in [-0.4, -0.2) is 14.3 Å². The molecule has 0 spiro atoms. The summed E-state index contributed by atoms with van der Waals surface area (Å²) in [5.41, 5.74) is 0.587. The second kappa shape index (κ2) is 2.30. The van der Waals surface area contributed by atoms with Crippen LogP contribution in [0.2, 0.25) is 0 Å². The van der Waals surface area contributed by atoms with Gasteiger partial charge >= 0.3 is 5.82 Å². The highest BCUT2D eigenvalue weighted by Crippen LogP contribution is 2.10. The lowest BCUT2D eigenvalue weighted by atomic mass is 10.5. The molecule has 0 atom stereocenters. The molecule has 0 aliphatic heterocycles. The first-order chi connectivity index (χ1) is 5.77. The van der Waals surface area contributed by atoms with E-state index in [0.717, 1.165) is 0 Å². The Morgan fingerprint density at radius 1 is 1.50 bits per heavy atom. The minimum atomic E-state index is -0.507. The van der Waals surface area contributed by atoms with E-state index in [-0.39, 0.29) is 5.82 Å². The first-order valence-corrected chi connectivity index (χ1v) is 3.35. The number of aromatic nitrogens is 2. The number of pyridine rings is 1. The lowest BCUT2D eigenvalue weighted by molar-refractivity contribution is -0.389. The van der Waals surface area contributed by atoms with E-state index in [1.165, 1.54) is 6.20 Å². The lowest BCUT2D eigenvalue weighted by Crippen LogP contribution is -1.85. The molecule has 0 radical (unpaired) electrons. The Bertz CT molecular complexity index is 402. The summed E-state index contributed by atoms with van der Waals surface area (Å²) < 4.78 is 1.61. The van der Waals surface area contributed by atoms with Crippen molar-refractivity contribution in [2.45, 2.75) is 0 Å². The van der Waals surface area contributed by atoms with Crippen molar-refractivity contribution in [1.29, 1.82) is 0 Å². The highest BCUT2D eigenvalue weighted by molar-refractivity contribution is 5.43. The van der Waals surface area contributed by atoms with E-state index in [1.54, 1.807) is 28.8 Å². The Morgan fingerprint density at radius 3 is 3.00 bits per heavy atom. The highest BCUT2D eigenvalue weighted by atomic mass is 16.6. The smallest absolute Gasteiger partial charge is 0.358 e. The van der Waals surface area contributed by atoms with Gasteiger partial charge in [-0.05, 0) is 16.0 Å². The van der Waals surface area contributed by atoms with E-state index in [9.17, 15) is 10.1 Å². The van der Waals surface area contributed by atoms with Crippen molar-refractivity contribution in [3.63, 3.8) is 0 Å². The van der Waals surface area contributed by atoms with Gasteiger partial charge in [-0.15, -0.1) is 0 Å². The predicted octanol–water partition coefficient (Wildman–Crippen LogP) is 1.24. The number of nitro groups is 1. The monoisotopic (exact) mass is 163 g/mol. The Balaban J connectivity index is 2.70. The van der Waals surface area contributed by atoms with Crippen LogP contribution in [0.15, 0.2) is 30.6 Å². The summed E-state index contributed by atoms with van der Waals surface area (Å²) >= 11 is 0. The zero-order valence-corrected chi connectivity index (χ0v) is 6.04. The molecule has 0 unspecified atom stereocenters. The fourth-order valence-corrected chi connectivity index (χ4v) is 1.01. The molecule has 2 aromatic rings. The number of hydrogen-bond acceptors (Lipinski definition) is 3. The van der Waals surface area contributed by atoms with Gasteiger partial charge in [0.1, 0.15) is 6.20 Å². The molecular formula is C7H5N3O2. The van der Waals surface area contributed by atoms with Crippen molar-refractivity contribution in [3.8, 4) is 0 Å². The van der Waals surface area contributed by atoms with Crippen LogP contribution in [0.25, 0.3) is 5.65 Å². The lowest BCUT2D eigenvalue weighted by Gasteiger charge is -1.83. The first kappa shape index (κ1) is 6.78. The van der Waals surface area contributed by atoms with Gasteiger partial charge in [0, 0.05) is 12.3 Å². The van der Waals surface area contributed by atoms with Crippen LogP contribution in [0.1, 0.15) is 0 Å². The van der Waals surface area contributed by atoms with Gasteiger partial charge in [0.25, 0.3) is 5.65 Å². The number of rotatable bonds is 1. The third-order valence-electron chi connectivity index (χ3n) is 1.54. The standard InChI is InChI=1S/C7H5N3O2/c11-10(12)7-5-9-4-2-1-3-6(9)8-7/h1-5H. The highest BCUT2D eigenvalue weighted by Gasteiger charge is 2.10. The summed E-state index contributed by atoms with van der Waals surface area (Å²) in [4.78, 5) is 13.6. The maximum absolute atomic E-state index is 10.3. The van der Waals surface area contributed by atoms with Crippen LogP contribution in [0, 0.1) is 10.1 Å². The number of fused-ring (bicyclic) bond motifs is 1. The van der Waals surface area contributed by atoms with Gasteiger partial charge in [-0.2, -0.15) is 0 Å². The molecule has 0 saturated carbocycles. The molecule has 2 aromatic heterocycles. The molecule has 12 heavy (non-hydrogen) atoms. The summed E-state index contributed by atoms with van der Waals surface area (Å²) in [6.45, 7) is 0. The number of hydrogen-bond donors (Lipinski definition) is 0. The van der Waals surface area contributed by atoms with Crippen LogP contribution >= 0.6 is 0 Å². The van der Waals surface area contributed by atoms with Crippen LogP contribution in [-0.2, 0) is 0 Å². The Labute approximate surface area is 67.4 Å². The molecule has 0 aliphatic rings. The maximum Gasteiger partial charge on any atom is 0.382 e. The molecule has 0 saturated heterocycles.